The molecule has 0 fully saturated rings. The number of ether oxygens (including phenoxy) is 2. The maximum absolute atomic E-state index is 9.75. The van der Waals surface area contributed by atoms with Gasteiger partial charge >= 0.3 is 0 Å². The van der Waals surface area contributed by atoms with Gasteiger partial charge < -0.3 is 14.6 Å². The Hall–Kier alpha value is -0.640. The van der Waals surface area contributed by atoms with Crippen molar-refractivity contribution in [3.05, 3.63) is 23.3 Å². The summed E-state index contributed by atoms with van der Waals surface area (Å²) in [7, 11) is 0. The second-order valence-electron chi connectivity index (χ2n) is 16.5. The quantitative estimate of drug-likeness (QED) is 0.0582. The van der Waals surface area contributed by atoms with Crippen LogP contribution >= 0.6 is 0 Å². The van der Waals surface area contributed by atoms with E-state index in [9.17, 15) is 5.11 Å². The molecular formula is C43H84O3. The van der Waals surface area contributed by atoms with Crippen LogP contribution in [0.3, 0.4) is 0 Å². The van der Waals surface area contributed by atoms with Crippen LogP contribution in [0.5, 0.6) is 0 Å². The van der Waals surface area contributed by atoms with Gasteiger partial charge in [0.05, 0.1) is 26.4 Å². The summed E-state index contributed by atoms with van der Waals surface area (Å²) in [5.74, 6) is 5.09. The lowest BCUT2D eigenvalue weighted by atomic mass is 9.91. The van der Waals surface area contributed by atoms with Crippen molar-refractivity contribution in [1.82, 2.24) is 0 Å². The Bertz CT molecular complexity index is 724. The summed E-state index contributed by atoms with van der Waals surface area (Å²) in [6.07, 6.45) is 28.2. The minimum absolute atomic E-state index is 0.00193. The number of hydrogen-bond acceptors (Lipinski definition) is 3. The van der Waals surface area contributed by atoms with Crippen molar-refractivity contribution in [2.24, 2.45) is 35.5 Å². The Morgan fingerprint density at radius 1 is 0.500 bits per heavy atom. The summed E-state index contributed by atoms with van der Waals surface area (Å²) in [4.78, 5) is 0. The fourth-order valence-electron chi connectivity index (χ4n) is 6.50. The zero-order valence-electron chi connectivity index (χ0n) is 33.0. The number of aliphatic hydroxyl groups is 1. The smallest absolute Gasteiger partial charge is 0.104 e. The molecule has 0 amide bonds. The molecule has 3 heteroatoms. The zero-order valence-corrected chi connectivity index (χ0v) is 33.0. The SMILES string of the molecule is C/C(=C\COCC(CO)OC/C=C(\C)CCCC(C)CCCC(C)CCCC(C)C)CCCC(C)CCCC(C)CCCC(C)C. The number of allylic oxidation sites excluding steroid dienone is 2. The number of rotatable bonds is 32. The predicted molar refractivity (Wildman–Crippen MR) is 205 cm³/mol. The second-order valence-corrected chi connectivity index (χ2v) is 16.5. The molecule has 0 aromatic carbocycles. The molecule has 5 atom stereocenters. The Labute approximate surface area is 290 Å². The van der Waals surface area contributed by atoms with Gasteiger partial charge in [-0.15, -0.1) is 0 Å². The molecule has 0 aliphatic rings. The summed E-state index contributed by atoms with van der Waals surface area (Å²) in [6, 6.07) is 0. The summed E-state index contributed by atoms with van der Waals surface area (Å²) in [6.45, 7) is 25.1. The minimum atomic E-state index is -0.260. The first-order valence-corrected chi connectivity index (χ1v) is 20.0. The van der Waals surface area contributed by atoms with Crippen molar-refractivity contribution < 1.29 is 14.6 Å². The van der Waals surface area contributed by atoms with Crippen molar-refractivity contribution >= 4 is 0 Å². The summed E-state index contributed by atoms with van der Waals surface area (Å²) >= 11 is 0. The van der Waals surface area contributed by atoms with Gasteiger partial charge in [0.2, 0.25) is 0 Å². The van der Waals surface area contributed by atoms with E-state index in [-0.39, 0.29) is 12.7 Å². The molecule has 0 aromatic rings. The van der Waals surface area contributed by atoms with Crippen LogP contribution in [0.1, 0.15) is 185 Å². The van der Waals surface area contributed by atoms with E-state index >= 15 is 0 Å². The second kappa shape index (κ2) is 30.4. The molecule has 46 heavy (non-hydrogen) atoms. The molecule has 3 nitrogen and oxygen atoms in total. The highest BCUT2D eigenvalue weighted by molar-refractivity contribution is 4.98. The molecule has 0 aliphatic carbocycles. The highest BCUT2D eigenvalue weighted by Gasteiger charge is 2.10. The third-order valence-electron chi connectivity index (χ3n) is 10.1. The van der Waals surface area contributed by atoms with Gasteiger partial charge in [0, 0.05) is 0 Å². The van der Waals surface area contributed by atoms with Gasteiger partial charge in [-0.3, -0.25) is 0 Å². The zero-order chi connectivity index (χ0) is 34.6. The first-order chi connectivity index (χ1) is 21.9. The molecule has 0 heterocycles. The summed E-state index contributed by atoms with van der Waals surface area (Å²) in [5.41, 5.74) is 2.80. The standard InChI is InChI=1S/C43H84O3/c1-35(2)17-11-19-37(5)21-13-23-39(7)25-15-27-41(9)29-31-45-34-43(33-44)46-32-30-42(10)28-16-26-40(8)24-14-22-38(6)20-12-18-36(3)4/h29-30,35-40,43-44H,11-28,31-34H2,1-10H3/b41-29+,42-30+. The van der Waals surface area contributed by atoms with Gasteiger partial charge in [0.25, 0.3) is 0 Å². The van der Waals surface area contributed by atoms with E-state index in [0.717, 1.165) is 48.3 Å². The first kappa shape index (κ1) is 45.4. The van der Waals surface area contributed by atoms with Crippen LogP contribution in [0.25, 0.3) is 0 Å². The van der Waals surface area contributed by atoms with Gasteiger partial charge in [0.15, 0.2) is 0 Å². The largest absolute Gasteiger partial charge is 0.394 e. The van der Waals surface area contributed by atoms with Crippen LogP contribution in [0.4, 0.5) is 0 Å². The highest BCUT2D eigenvalue weighted by atomic mass is 16.5. The van der Waals surface area contributed by atoms with E-state index in [0.29, 0.717) is 19.8 Å². The molecule has 0 aliphatic heterocycles. The molecule has 0 radical (unpaired) electrons. The lowest BCUT2D eigenvalue weighted by Crippen LogP contribution is -2.24. The van der Waals surface area contributed by atoms with Crippen LogP contribution in [0.15, 0.2) is 23.3 Å². The third-order valence-corrected chi connectivity index (χ3v) is 10.1. The van der Waals surface area contributed by atoms with Crippen molar-refractivity contribution in [2.45, 2.75) is 191 Å². The Morgan fingerprint density at radius 2 is 0.848 bits per heavy atom. The monoisotopic (exact) mass is 649 g/mol. The van der Waals surface area contributed by atoms with E-state index in [2.05, 4.69) is 81.4 Å². The minimum Gasteiger partial charge on any atom is -0.394 e. The van der Waals surface area contributed by atoms with Crippen molar-refractivity contribution in [1.29, 1.82) is 0 Å². The highest BCUT2D eigenvalue weighted by Crippen LogP contribution is 2.23. The van der Waals surface area contributed by atoms with Crippen molar-refractivity contribution in [3.63, 3.8) is 0 Å². The van der Waals surface area contributed by atoms with E-state index in [1.807, 2.05) is 0 Å². The molecule has 0 saturated carbocycles. The van der Waals surface area contributed by atoms with Gasteiger partial charge in [-0.2, -0.15) is 0 Å². The first-order valence-electron chi connectivity index (χ1n) is 20.0. The Kier molecular flexibility index (Phi) is 30.0. The molecule has 0 rings (SSSR count). The Morgan fingerprint density at radius 3 is 1.22 bits per heavy atom. The molecule has 0 aromatic heterocycles. The number of hydrogen-bond donors (Lipinski definition) is 1. The molecule has 0 bridgehead atoms. The molecule has 1 N–H and O–H groups in total. The number of aliphatic hydroxyl groups excluding tert-OH is 1. The van der Waals surface area contributed by atoms with Crippen LogP contribution in [0, 0.1) is 35.5 Å². The third kappa shape index (κ3) is 30.7. The van der Waals surface area contributed by atoms with Crippen molar-refractivity contribution in [3.8, 4) is 0 Å². The van der Waals surface area contributed by atoms with Gasteiger partial charge in [-0.1, -0.05) is 169 Å². The average molecular weight is 649 g/mol. The molecule has 0 saturated heterocycles. The molecule has 274 valence electrons. The fourth-order valence-corrected chi connectivity index (χ4v) is 6.50. The molecular weight excluding hydrogens is 564 g/mol. The van der Waals surface area contributed by atoms with Crippen molar-refractivity contribution in [2.75, 3.05) is 26.4 Å². The topological polar surface area (TPSA) is 38.7 Å². The van der Waals surface area contributed by atoms with E-state index < -0.39 is 0 Å². The lowest BCUT2D eigenvalue weighted by Gasteiger charge is -2.16. The normalized spacial score (nSPS) is 16.3. The van der Waals surface area contributed by atoms with Crippen LogP contribution in [-0.2, 0) is 9.47 Å². The fraction of sp³-hybridized carbons (Fsp3) is 0.907. The maximum atomic E-state index is 9.75. The molecule has 0 spiro atoms. The van der Waals surface area contributed by atoms with Gasteiger partial charge in [-0.05, 0) is 75.0 Å². The lowest BCUT2D eigenvalue weighted by molar-refractivity contribution is -0.0272. The van der Waals surface area contributed by atoms with Gasteiger partial charge in [-0.25, -0.2) is 0 Å². The Balaban J connectivity index is 3.93. The van der Waals surface area contributed by atoms with Crippen LogP contribution < -0.4 is 0 Å². The van der Waals surface area contributed by atoms with E-state index in [4.69, 9.17) is 9.47 Å². The summed E-state index contributed by atoms with van der Waals surface area (Å²) < 4.78 is 11.8. The maximum Gasteiger partial charge on any atom is 0.104 e. The van der Waals surface area contributed by atoms with Crippen LogP contribution in [-0.4, -0.2) is 37.6 Å². The van der Waals surface area contributed by atoms with E-state index in [1.165, 1.54) is 114 Å². The molecule has 5 unspecified atom stereocenters. The predicted octanol–water partition coefficient (Wildman–Crippen LogP) is 13.2. The average Bonchev–Trinajstić information content (AvgIpc) is 2.98. The van der Waals surface area contributed by atoms with Crippen LogP contribution in [0.2, 0.25) is 0 Å². The van der Waals surface area contributed by atoms with Gasteiger partial charge in [0.1, 0.15) is 6.10 Å². The van der Waals surface area contributed by atoms with E-state index in [1.54, 1.807) is 0 Å². The summed E-state index contributed by atoms with van der Waals surface area (Å²) in [5, 5.41) is 9.75.